The first kappa shape index (κ1) is 22.2. The molecule has 3 heterocycles. The Morgan fingerprint density at radius 3 is 2.55 bits per heavy atom. The number of nitrogens with zero attached hydrogens (tertiary/aromatic N) is 3. The van der Waals surface area contributed by atoms with Crippen LogP contribution in [-0.2, 0) is 9.84 Å². The third kappa shape index (κ3) is 4.34. The van der Waals surface area contributed by atoms with E-state index < -0.39 is 15.1 Å². The molecule has 0 unspecified atom stereocenters. The molecule has 2 aromatic carbocycles. The zero-order valence-corrected chi connectivity index (χ0v) is 19.7. The van der Waals surface area contributed by atoms with Gasteiger partial charge in [0, 0.05) is 26.2 Å². The van der Waals surface area contributed by atoms with Crippen LogP contribution in [0.15, 0.2) is 47.4 Å². The summed E-state index contributed by atoms with van der Waals surface area (Å²) in [5.74, 6) is -0.541. The predicted molar refractivity (Wildman–Crippen MR) is 127 cm³/mol. The Hall–Kier alpha value is -2.56. The van der Waals surface area contributed by atoms with Crippen molar-refractivity contribution in [3.05, 3.63) is 53.8 Å². The number of halogens is 1. The maximum atomic E-state index is 13.5. The molecule has 1 N–H and O–H groups in total. The normalized spacial score (nSPS) is 18.1. The Kier molecular flexibility index (Phi) is 6.07. The van der Waals surface area contributed by atoms with Crippen molar-refractivity contribution in [3.63, 3.8) is 0 Å². The number of carbonyl (C=O) groups is 1. The number of anilines is 1. The first-order valence-corrected chi connectivity index (χ1v) is 13.4. The van der Waals surface area contributed by atoms with Gasteiger partial charge in [-0.3, -0.25) is 4.79 Å². The summed E-state index contributed by atoms with van der Waals surface area (Å²) in [6, 6.07) is 11.1. The molecule has 10 heteroatoms. The van der Waals surface area contributed by atoms with Gasteiger partial charge in [0.05, 0.1) is 25.9 Å². The lowest BCUT2D eigenvalue weighted by molar-refractivity contribution is 0.0743. The third-order valence-electron chi connectivity index (χ3n) is 6.33. The van der Waals surface area contributed by atoms with E-state index in [-0.39, 0.29) is 22.2 Å². The Morgan fingerprint density at radius 1 is 1.06 bits per heavy atom. The summed E-state index contributed by atoms with van der Waals surface area (Å²) in [5.41, 5.74) is 1.01. The standard InChI is InChI=1S/C23H25FN4O3S2/c24-16-5-6-19-20(15-16)32-23(26-19)28-13-11-27(12-14-28)22(29)18-3-1-2-4-21(18)33(30,31)17-7-9-25-10-8-17/h1-6,15,17,25H,7-14H2. The van der Waals surface area contributed by atoms with Crippen LogP contribution in [0, 0.1) is 5.82 Å². The lowest BCUT2D eigenvalue weighted by Gasteiger charge is -2.35. The van der Waals surface area contributed by atoms with Crippen molar-refractivity contribution in [1.29, 1.82) is 0 Å². The SMILES string of the molecule is O=C(c1ccccc1S(=O)(=O)C1CCNCC1)N1CCN(c2nc3ccc(F)cc3s2)CC1. The number of carbonyl (C=O) groups excluding carboxylic acids is 1. The number of rotatable bonds is 4. The maximum Gasteiger partial charge on any atom is 0.255 e. The number of piperidine rings is 1. The molecular weight excluding hydrogens is 463 g/mol. The van der Waals surface area contributed by atoms with Crippen molar-refractivity contribution in [1.82, 2.24) is 15.2 Å². The number of hydrogen-bond donors (Lipinski definition) is 1. The Labute approximate surface area is 196 Å². The fourth-order valence-electron chi connectivity index (χ4n) is 4.47. The summed E-state index contributed by atoms with van der Waals surface area (Å²) in [7, 11) is -3.59. The van der Waals surface area contributed by atoms with E-state index in [2.05, 4.69) is 15.2 Å². The smallest absolute Gasteiger partial charge is 0.255 e. The minimum absolute atomic E-state index is 0.137. The zero-order valence-electron chi connectivity index (χ0n) is 18.0. The van der Waals surface area contributed by atoms with E-state index in [4.69, 9.17) is 0 Å². The first-order chi connectivity index (χ1) is 15.9. The lowest BCUT2D eigenvalue weighted by Crippen LogP contribution is -2.49. The second kappa shape index (κ2) is 9.00. The molecule has 2 fully saturated rings. The maximum absolute atomic E-state index is 13.5. The average Bonchev–Trinajstić information content (AvgIpc) is 3.27. The second-order valence-electron chi connectivity index (χ2n) is 8.38. The van der Waals surface area contributed by atoms with Crippen molar-refractivity contribution >= 4 is 42.4 Å². The number of hydrogen-bond acceptors (Lipinski definition) is 7. The largest absolute Gasteiger partial charge is 0.345 e. The summed E-state index contributed by atoms with van der Waals surface area (Å²) < 4.78 is 40.9. The van der Waals surface area contributed by atoms with Crippen molar-refractivity contribution in [3.8, 4) is 0 Å². The van der Waals surface area contributed by atoms with Gasteiger partial charge in [-0.2, -0.15) is 0 Å². The number of thiazole rings is 1. The molecule has 1 aromatic heterocycles. The van der Waals surface area contributed by atoms with E-state index in [0.717, 1.165) is 15.3 Å². The molecule has 2 aliphatic rings. The van der Waals surface area contributed by atoms with E-state index in [9.17, 15) is 17.6 Å². The molecule has 5 rings (SSSR count). The Morgan fingerprint density at radius 2 is 1.79 bits per heavy atom. The van der Waals surface area contributed by atoms with Gasteiger partial charge in [-0.05, 0) is 56.3 Å². The lowest BCUT2D eigenvalue weighted by atomic mass is 10.1. The molecule has 0 saturated carbocycles. The fraction of sp³-hybridized carbons (Fsp3) is 0.391. The van der Waals surface area contributed by atoms with Gasteiger partial charge in [0.2, 0.25) is 0 Å². The van der Waals surface area contributed by atoms with E-state index >= 15 is 0 Å². The highest BCUT2D eigenvalue weighted by Crippen LogP contribution is 2.31. The fourth-order valence-corrected chi connectivity index (χ4v) is 7.46. The minimum Gasteiger partial charge on any atom is -0.345 e. The van der Waals surface area contributed by atoms with E-state index in [1.54, 1.807) is 35.2 Å². The second-order valence-corrected chi connectivity index (χ2v) is 11.6. The topological polar surface area (TPSA) is 82.6 Å². The number of sulfone groups is 1. The highest BCUT2D eigenvalue weighted by Gasteiger charge is 2.33. The minimum atomic E-state index is -3.59. The number of fused-ring (bicyclic) bond motifs is 1. The zero-order chi connectivity index (χ0) is 23.0. The summed E-state index contributed by atoms with van der Waals surface area (Å²) in [5, 5.41) is 3.53. The van der Waals surface area contributed by atoms with Crippen molar-refractivity contribution < 1.29 is 17.6 Å². The highest BCUT2D eigenvalue weighted by molar-refractivity contribution is 7.92. The number of piperazine rings is 1. The van der Waals surface area contributed by atoms with E-state index in [1.807, 2.05) is 0 Å². The number of nitrogens with one attached hydrogen (secondary N) is 1. The molecule has 2 saturated heterocycles. The van der Waals surface area contributed by atoms with Gasteiger partial charge in [0.1, 0.15) is 5.82 Å². The van der Waals surface area contributed by atoms with Crippen LogP contribution in [-0.4, -0.2) is 68.7 Å². The van der Waals surface area contributed by atoms with Crippen LogP contribution in [0.5, 0.6) is 0 Å². The highest BCUT2D eigenvalue weighted by atomic mass is 32.2. The summed E-state index contributed by atoms with van der Waals surface area (Å²) in [6.07, 6.45) is 1.10. The summed E-state index contributed by atoms with van der Waals surface area (Å²) in [6.45, 7) is 3.42. The molecule has 0 radical (unpaired) electrons. The molecule has 0 atom stereocenters. The van der Waals surface area contributed by atoms with Crippen LogP contribution in [0.1, 0.15) is 23.2 Å². The van der Waals surface area contributed by atoms with E-state index in [0.29, 0.717) is 52.1 Å². The van der Waals surface area contributed by atoms with Gasteiger partial charge >= 0.3 is 0 Å². The van der Waals surface area contributed by atoms with Gasteiger partial charge in [0.15, 0.2) is 15.0 Å². The average molecular weight is 489 g/mol. The van der Waals surface area contributed by atoms with Crippen molar-refractivity contribution in [2.75, 3.05) is 44.2 Å². The third-order valence-corrected chi connectivity index (χ3v) is 9.72. The molecule has 1 amide bonds. The molecular formula is C23H25FN4O3S2. The van der Waals surface area contributed by atoms with Crippen molar-refractivity contribution in [2.24, 2.45) is 0 Å². The molecule has 0 spiro atoms. The van der Waals surface area contributed by atoms with Crippen LogP contribution >= 0.6 is 11.3 Å². The van der Waals surface area contributed by atoms with Crippen molar-refractivity contribution in [2.45, 2.75) is 23.0 Å². The molecule has 0 aliphatic carbocycles. The molecule has 7 nitrogen and oxygen atoms in total. The van der Waals surface area contributed by atoms with Crippen LogP contribution in [0.4, 0.5) is 9.52 Å². The van der Waals surface area contributed by atoms with Crippen LogP contribution < -0.4 is 10.2 Å². The summed E-state index contributed by atoms with van der Waals surface area (Å²) in [4.78, 5) is 21.9. The predicted octanol–water partition coefficient (Wildman–Crippen LogP) is 2.92. The van der Waals surface area contributed by atoms with Crippen LogP contribution in [0.2, 0.25) is 0 Å². The van der Waals surface area contributed by atoms with Gasteiger partial charge in [-0.1, -0.05) is 23.5 Å². The van der Waals surface area contributed by atoms with Gasteiger partial charge < -0.3 is 15.1 Å². The number of benzene rings is 2. The van der Waals surface area contributed by atoms with Crippen LogP contribution in [0.25, 0.3) is 10.2 Å². The van der Waals surface area contributed by atoms with Gasteiger partial charge in [-0.15, -0.1) is 0 Å². The number of amides is 1. The Balaban J connectivity index is 1.32. The molecule has 0 bridgehead atoms. The quantitative estimate of drug-likeness (QED) is 0.608. The van der Waals surface area contributed by atoms with Gasteiger partial charge in [0.25, 0.3) is 5.91 Å². The van der Waals surface area contributed by atoms with E-state index in [1.165, 1.54) is 23.5 Å². The Bertz CT molecular complexity index is 1280. The monoisotopic (exact) mass is 488 g/mol. The van der Waals surface area contributed by atoms with Gasteiger partial charge in [-0.25, -0.2) is 17.8 Å². The van der Waals surface area contributed by atoms with Crippen LogP contribution in [0.3, 0.4) is 0 Å². The first-order valence-electron chi connectivity index (χ1n) is 11.1. The molecule has 174 valence electrons. The molecule has 3 aromatic rings. The summed E-state index contributed by atoms with van der Waals surface area (Å²) >= 11 is 1.43. The number of aromatic nitrogens is 1. The molecule has 33 heavy (non-hydrogen) atoms. The molecule has 2 aliphatic heterocycles.